The average Bonchev–Trinajstić information content (AvgIpc) is 3.26. The Morgan fingerprint density at radius 1 is 1.26 bits per heavy atom. The van der Waals surface area contributed by atoms with Gasteiger partial charge in [-0.3, -0.25) is 25.5 Å². The first-order valence-electron chi connectivity index (χ1n) is 12.4. The van der Waals surface area contributed by atoms with Crippen LogP contribution in [-0.4, -0.2) is 48.6 Å². The van der Waals surface area contributed by atoms with Crippen LogP contribution in [0.2, 0.25) is 5.02 Å². The van der Waals surface area contributed by atoms with E-state index in [9.17, 15) is 9.82 Å². The lowest BCUT2D eigenvalue weighted by Gasteiger charge is -2.26. The molecule has 3 aromatic carbocycles. The molecule has 0 aromatic heterocycles. The molecule has 0 saturated carbocycles. The van der Waals surface area contributed by atoms with Crippen molar-refractivity contribution in [2.45, 2.75) is 32.5 Å². The van der Waals surface area contributed by atoms with E-state index >= 15 is 0 Å². The molecule has 0 aliphatic carbocycles. The topological polar surface area (TPSA) is 131 Å². The number of hydrogen-bond acceptors (Lipinski definition) is 7. The van der Waals surface area contributed by atoms with Crippen LogP contribution in [0.3, 0.4) is 0 Å². The van der Waals surface area contributed by atoms with Gasteiger partial charge in [0, 0.05) is 22.7 Å². The maximum Gasteiger partial charge on any atom is 0.492 e. The first-order chi connectivity index (χ1) is 18.8. The fourth-order valence-electron chi connectivity index (χ4n) is 4.89. The predicted octanol–water partition coefficient (Wildman–Crippen LogP) is 3.27. The summed E-state index contributed by atoms with van der Waals surface area (Å²) in [4.78, 5) is 19.6. The van der Waals surface area contributed by atoms with E-state index in [1.807, 2.05) is 36.4 Å². The standard InChI is InChI=1S/C28H27BClN5O4/c1-16(31)35-24-11-10-21(38-2)12-22(24)27(17-6-8-20(30)9-7-17)34-23(28(35)32)13-25(36)33-14-18-4-3-5-19-15-39-29(37)26(18)19/h3-12,23,31-32,37H,13-15H2,1-2H3,(H,33,36)/t23-/m0/s1. The largest absolute Gasteiger partial charge is 0.497 e. The van der Waals surface area contributed by atoms with Crippen LogP contribution in [0.25, 0.3) is 0 Å². The quantitative estimate of drug-likeness (QED) is 0.215. The lowest BCUT2D eigenvalue weighted by atomic mass is 9.76. The molecule has 0 fully saturated rings. The Hall–Kier alpha value is -3.99. The number of amidine groups is 2. The number of hydrogen-bond donors (Lipinski definition) is 4. The van der Waals surface area contributed by atoms with Crippen LogP contribution in [0.15, 0.2) is 65.7 Å². The number of nitrogens with one attached hydrogen (secondary N) is 3. The molecule has 5 rings (SSSR count). The molecular formula is C28H27BClN5O4. The van der Waals surface area contributed by atoms with E-state index in [0.29, 0.717) is 39.8 Å². The maximum atomic E-state index is 13.2. The molecule has 2 heterocycles. The van der Waals surface area contributed by atoms with Crippen LogP contribution in [0.4, 0.5) is 5.69 Å². The summed E-state index contributed by atoms with van der Waals surface area (Å²) >= 11 is 6.14. The van der Waals surface area contributed by atoms with Crippen molar-refractivity contribution in [3.05, 3.63) is 87.9 Å². The number of aliphatic imine (C=N–C) groups is 1. The Kier molecular flexibility index (Phi) is 7.52. The molecule has 39 heavy (non-hydrogen) atoms. The first kappa shape index (κ1) is 26.6. The zero-order valence-electron chi connectivity index (χ0n) is 21.5. The minimum absolute atomic E-state index is 0.0115. The van der Waals surface area contributed by atoms with Gasteiger partial charge in [-0.25, -0.2) is 0 Å². The zero-order valence-corrected chi connectivity index (χ0v) is 22.2. The molecule has 0 radical (unpaired) electrons. The summed E-state index contributed by atoms with van der Waals surface area (Å²) in [7, 11) is 0.550. The van der Waals surface area contributed by atoms with Gasteiger partial charge in [0.1, 0.15) is 23.5 Å². The highest BCUT2D eigenvalue weighted by Gasteiger charge is 2.33. The lowest BCUT2D eigenvalue weighted by molar-refractivity contribution is -0.121. The summed E-state index contributed by atoms with van der Waals surface area (Å²) in [5.74, 6) is 0.416. The summed E-state index contributed by atoms with van der Waals surface area (Å²) in [5.41, 5.74) is 4.92. The lowest BCUT2D eigenvalue weighted by Crippen LogP contribution is -2.42. The molecule has 2 aliphatic rings. The number of rotatable bonds is 6. The van der Waals surface area contributed by atoms with Crippen molar-refractivity contribution in [2.24, 2.45) is 4.99 Å². The second-order valence-electron chi connectivity index (χ2n) is 9.32. The van der Waals surface area contributed by atoms with Gasteiger partial charge in [-0.1, -0.05) is 41.9 Å². The number of benzene rings is 3. The van der Waals surface area contributed by atoms with E-state index in [1.54, 1.807) is 38.3 Å². The Bertz CT molecular complexity index is 1490. The van der Waals surface area contributed by atoms with Crippen molar-refractivity contribution < 1.29 is 19.2 Å². The highest BCUT2D eigenvalue weighted by atomic mass is 35.5. The van der Waals surface area contributed by atoms with Gasteiger partial charge in [-0.15, -0.1) is 0 Å². The fourth-order valence-corrected chi connectivity index (χ4v) is 5.02. The van der Waals surface area contributed by atoms with E-state index in [4.69, 9.17) is 36.8 Å². The number of methoxy groups -OCH3 is 1. The van der Waals surface area contributed by atoms with Gasteiger partial charge in [0.25, 0.3) is 0 Å². The van der Waals surface area contributed by atoms with Crippen molar-refractivity contribution in [1.82, 2.24) is 5.32 Å². The molecular weight excluding hydrogens is 517 g/mol. The van der Waals surface area contributed by atoms with Crippen LogP contribution in [0, 0.1) is 10.8 Å². The molecule has 198 valence electrons. The number of amides is 1. The van der Waals surface area contributed by atoms with Crippen molar-refractivity contribution >= 4 is 53.2 Å². The zero-order chi connectivity index (χ0) is 27.7. The summed E-state index contributed by atoms with van der Waals surface area (Å²) in [6.07, 6.45) is -0.112. The molecule has 9 nitrogen and oxygen atoms in total. The van der Waals surface area contributed by atoms with Gasteiger partial charge in [0.05, 0.1) is 31.5 Å². The van der Waals surface area contributed by atoms with E-state index < -0.39 is 13.2 Å². The molecule has 0 unspecified atom stereocenters. The van der Waals surface area contributed by atoms with Crippen LogP contribution >= 0.6 is 11.6 Å². The fraction of sp³-hybridized carbons (Fsp3) is 0.214. The summed E-state index contributed by atoms with van der Waals surface area (Å²) in [5, 5.41) is 31.1. The maximum absolute atomic E-state index is 13.2. The summed E-state index contributed by atoms with van der Waals surface area (Å²) in [6.45, 7) is 2.11. The molecule has 4 N–H and O–H groups in total. The van der Waals surface area contributed by atoms with Crippen LogP contribution in [0.1, 0.15) is 35.6 Å². The summed E-state index contributed by atoms with van der Waals surface area (Å²) < 4.78 is 10.8. The number of anilines is 1. The molecule has 3 aromatic rings. The highest BCUT2D eigenvalue weighted by molar-refractivity contribution is 6.62. The number of fused-ring (bicyclic) bond motifs is 2. The Balaban J connectivity index is 1.49. The summed E-state index contributed by atoms with van der Waals surface area (Å²) in [6, 6.07) is 17.3. The number of halogens is 1. The van der Waals surface area contributed by atoms with Gasteiger partial charge >= 0.3 is 7.12 Å². The second kappa shape index (κ2) is 11.0. The molecule has 1 atom stereocenters. The highest BCUT2D eigenvalue weighted by Crippen LogP contribution is 2.33. The number of ether oxygens (including phenoxy) is 1. The number of carbonyl (C=O) groups is 1. The second-order valence-corrected chi connectivity index (χ2v) is 9.76. The van der Waals surface area contributed by atoms with Crippen LogP contribution in [-0.2, 0) is 22.6 Å². The van der Waals surface area contributed by atoms with E-state index in [1.165, 1.54) is 4.90 Å². The minimum Gasteiger partial charge on any atom is -0.497 e. The Morgan fingerprint density at radius 2 is 2.03 bits per heavy atom. The van der Waals surface area contributed by atoms with Crippen LogP contribution in [0.5, 0.6) is 5.75 Å². The van der Waals surface area contributed by atoms with E-state index in [-0.39, 0.29) is 30.5 Å². The monoisotopic (exact) mass is 543 g/mol. The Morgan fingerprint density at radius 3 is 2.74 bits per heavy atom. The van der Waals surface area contributed by atoms with Gasteiger partial charge in [0.15, 0.2) is 0 Å². The third-order valence-corrected chi connectivity index (χ3v) is 7.03. The molecule has 0 saturated heterocycles. The molecule has 0 bridgehead atoms. The molecule has 1 amide bonds. The minimum atomic E-state index is -1.02. The number of benzodiazepines with no additional fused rings is 1. The number of carbonyl (C=O) groups excluding carboxylic acids is 1. The third-order valence-electron chi connectivity index (χ3n) is 6.78. The molecule has 2 aliphatic heterocycles. The average molecular weight is 544 g/mol. The van der Waals surface area contributed by atoms with Crippen molar-refractivity contribution in [1.29, 1.82) is 10.8 Å². The van der Waals surface area contributed by atoms with Crippen LogP contribution < -0.4 is 20.4 Å². The predicted molar refractivity (Wildman–Crippen MR) is 153 cm³/mol. The van der Waals surface area contributed by atoms with Gasteiger partial charge in [0.2, 0.25) is 5.91 Å². The van der Waals surface area contributed by atoms with Gasteiger partial charge in [-0.05, 0) is 53.8 Å². The third kappa shape index (κ3) is 5.31. The number of nitrogens with zero attached hydrogens (tertiary/aromatic N) is 2. The van der Waals surface area contributed by atoms with Gasteiger partial charge < -0.3 is 19.7 Å². The van der Waals surface area contributed by atoms with Crippen molar-refractivity contribution in [2.75, 3.05) is 12.0 Å². The Labute approximate surface area is 231 Å². The normalized spacial score (nSPS) is 16.3. The molecule has 0 spiro atoms. The SMILES string of the molecule is COc1ccc2c(c1)C(c1ccc(Cl)cc1)=N[C@@H](CC(=O)NCc1cccc3c1B(O)OC3)C(=N)N2C(C)=N. The molecule has 11 heteroatoms. The van der Waals surface area contributed by atoms with E-state index in [0.717, 1.165) is 16.7 Å². The smallest absolute Gasteiger partial charge is 0.492 e. The van der Waals surface area contributed by atoms with Gasteiger partial charge in [-0.2, -0.15) is 0 Å². The van der Waals surface area contributed by atoms with Crippen molar-refractivity contribution in [3.63, 3.8) is 0 Å². The van der Waals surface area contributed by atoms with E-state index in [2.05, 4.69) is 5.32 Å². The van der Waals surface area contributed by atoms with Crippen molar-refractivity contribution in [3.8, 4) is 5.75 Å². The first-order valence-corrected chi connectivity index (χ1v) is 12.8.